The summed E-state index contributed by atoms with van der Waals surface area (Å²) in [6, 6.07) is 0.374. The van der Waals surface area contributed by atoms with Gasteiger partial charge in [0.05, 0.1) is 6.54 Å². The molecule has 1 atom stereocenters. The van der Waals surface area contributed by atoms with E-state index < -0.39 is 5.91 Å². The molecule has 1 heterocycles. The summed E-state index contributed by atoms with van der Waals surface area (Å²) in [6.07, 6.45) is 1.01. The van der Waals surface area contributed by atoms with Crippen molar-refractivity contribution in [3.05, 3.63) is 11.7 Å². The third kappa shape index (κ3) is 2.81. The smallest absolute Gasteiger partial charge is 0.290 e. The maximum absolute atomic E-state index is 10.6. The van der Waals surface area contributed by atoms with Gasteiger partial charge < -0.3 is 15.6 Å². The van der Waals surface area contributed by atoms with Crippen LogP contribution >= 0.6 is 0 Å². The second-order valence-electron chi connectivity index (χ2n) is 3.07. The van der Waals surface area contributed by atoms with Crippen molar-refractivity contribution in [3.63, 3.8) is 0 Å². The van der Waals surface area contributed by atoms with E-state index in [-0.39, 0.29) is 5.82 Å². The lowest BCUT2D eigenvalue weighted by molar-refractivity contribution is 0.0987. The molecule has 0 saturated carbocycles. The van der Waals surface area contributed by atoms with Gasteiger partial charge in [0.1, 0.15) is 0 Å². The van der Waals surface area contributed by atoms with E-state index >= 15 is 0 Å². The van der Waals surface area contributed by atoms with Crippen LogP contribution in [0.1, 0.15) is 36.8 Å². The van der Waals surface area contributed by atoms with Crippen LogP contribution in [0, 0.1) is 0 Å². The van der Waals surface area contributed by atoms with Crippen LogP contribution in [-0.2, 0) is 6.54 Å². The molecular formula is C8H14N4O2. The lowest BCUT2D eigenvalue weighted by Gasteiger charge is -2.07. The lowest BCUT2D eigenvalue weighted by Crippen LogP contribution is -2.24. The first-order valence-corrected chi connectivity index (χ1v) is 4.49. The van der Waals surface area contributed by atoms with E-state index in [0.717, 1.165) is 6.42 Å². The van der Waals surface area contributed by atoms with Crippen LogP contribution < -0.4 is 11.1 Å². The van der Waals surface area contributed by atoms with Crippen LogP contribution in [0.2, 0.25) is 0 Å². The molecule has 0 aromatic carbocycles. The fourth-order valence-corrected chi connectivity index (χ4v) is 0.833. The first-order valence-electron chi connectivity index (χ1n) is 4.49. The molecular weight excluding hydrogens is 184 g/mol. The Morgan fingerprint density at radius 1 is 1.71 bits per heavy atom. The normalized spacial score (nSPS) is 12.7. The molecule has 1 amide bonds. The number of amides is 1. The largest absolute Gasteiger partial charge is 0.363 e. The molecule has 0 aliphatic carbocycles. The number of rotatable bonds is 5. The predicted molar refractivity (Wildman–Crippen MR) is 49.4 cm³/mol. The highest BCUT2D eigenvalue weighted by Gasteiger charge is 2.10. The summed E-state index contributed by atoms with van der Waals surface area (Å²) < 4.78 is 4.80. The summed E-state index contributed by atoms with van der Waals surface area (Å²) in [7, 11) is 0. The minimum Gasteiger partial charge on any atom is -0.363 e. The molecule has 0 spiro atoms. The van der Waals surface area contributed by atoms with Gasteiger partial charge in [0, 0.05) is 6.04 Å². The minimum absolute atomic E-state index is 0.0778. The molecule has 6 heteroatoms. The maximum atomic E-state index is 10.6. The number of nitrogens with one attached hydrogen (secondary N) is 1. The molecule has 0 aliphatic heterocycles. The van der Waals surface area contributed by atoms with Crippen LogP contribution in [0.25, 0.3) is 0 Å². The highest BCUT2D eigenvalue weighted by atomic mass is 16.5. The summed E-state index contributed by atoms with van der Waals surface area (Å²) in [5.74, 6) is -0.381. The molecule has 0 bridgehead atoms. The van der Waals surface area contributed by atoms with E-state index in [1.165, 1.54) is 0 Å². The van der Waals surface area contributed by atoms with Gasteiger partial charge in [-0.25, -0.2) is 0 Å². The zero-order valence-corrected chi connectivity index (χ0v) is 8.28. The van der Waals surface area contributed by atoms with Crippen LogP contribution in [0.3, 0.4) is 0 Å². The van der Waals surface area contributed by atoms with E-state index in [9.17, 15) is 4.79 Å². The second kappa shape index (κ2) is 4.71. The third-order valence-electron chi connectivity index (χ3n) is 1.90. The second-order valence-corrected chi connectivity index (χ2v) is 3.07. The van der Waals surface area contributed by atoms with Gasteiger partial charge in [-0.3, -0.25) is 4.79 Å². The van der Waals surface area contributed by atoms with Crippen molar-refractivity contribution in [2.75, 3.05) is 0 Å². The average molecular weight is 198 g/mol. The molecule has 0 saturated heterocycles. The summed E-state index contributed by atoms with van der Waals surface area (Å²) in [4.78, 5) is 14.4. The summed E-state index contributed by atoms with van der Waals surface area (Å²) in [6.45, 7) is 4.57. The first kappa shape index (κ1) is 10.6. The number of aromatic nitrogens is 2. The Morgan fingerprint density at radius 3 is 2.93 bits per heavy atom. The van der Waals surface area contributed by atoms with Crippen molar-refractivity contribution in [3.8, 4) is 0 Å². The molecule has 0 radical (unpaired) electrons. The standard InChI is InChI=1S/C8H14N4O2/c1-3-5(2)10-4-6-11-8(7(9)13)12-14-6/h5,10H,3-4H2,1-2H3,(H2,9,13). The van der Waals surface area contributed by atoms with Gasteiger partial charge in [-0.1, -0.05) is 12.1 Å². The van der Waals surface area contributed by atoms with Crippen molar-refractivity contribution < 1.29 is 9.32 Å². The summed E-state index contributed by atoms with van der Waals surface area (Å²) >= 11 is 0. The monoisotopic (exact) mass is 198 g/mol. The topological polar surface area (TPSA) is 94.0 Å². The Balaban J connectivity index is 2.48. The van der Waals surface area contributed by atoms with Gasteiger partial charge in [-0.2, -0.15) is 4.98 Å². The Hall–Kier alpha value is -1.43. The highest BCUT2D eigenvalue weighted by Crippen LogP contribution is 1.97. The van der Waals surface area contributed by atoms with Crippen molar-refractivity contribution in [1.82, 2.24) is 15.5 Å². The van der Waals surface area contributed by atoms with Gasteiger partial charge in [0.15, 0.2) is 0 Å². The SMILES string of the molecule is CCC(C)NCc1nc(C(N)=O)no1. The number of primary amides is 1. The van der Waals surface area contributed by atoms with Crippen molar-refractivity contribution in [2.24, 2.45) is 5.73 Å². The number of hydrogen-bond donors (Lipinski definition) is 2. The molecule has 1 unspecified atom stereocenters. The van der Waals surface area contributed by atoms with Gasteiger partial charge in [-0.05, 0) is 13.3 Å². The minimum atomic E-state index is -0.677. The molecule has 14 heavy (non-hydrogen) atoms. The van der Waals surface area contributed by atoms with Gasteiger partial charge in [-0.15, -0.1) is 0 Å². The molecule has 0 aliphatic rings. The number of carbonyl (C=O) groups is 1. The molecule has 0 fully saturated rings. The van der Waals surface area contributed by atoms with E-state index in [0.29, 0.717) is 18.5 Å². The zero-order chi connectivity index (χ0) is 10.6. The van der Waals surface area contributed by atoms with E-state index in [1.807, 2.05) is 6.92 Å². The zero-order valence-electron chi connectivity index (χ0n) is 8.28. The molecule has 1 aromatic heterocycles. The van der Waals surface area contributed by atoms with Gasteiger partial charge >= 0.3 is 0 Å². The summed E-state index contributed by atoms with van der Waals surface area (Å²) in [5.41, 5.74) is 4.96. The Labute approximate surface area is 81.9 Å². The highest BCUT2D eigenvalue weighted by molar-refractivity contribution is 5.88. The summed E-state index contributed by atoms with van der Waals surface area (Å²) in [5, 5.41) is 6.57. The predicted octanol–water partition coefficient (Wildman–Crippen LogP) is 0.0566. The Morgan fingerprint density at radius 2 is 2.43 bits per heavy atom. The van der Waals surface area contributed by atoms with E-state index in [4.69, 9.17) is 10.3 Å². The van der Waals surface area contributed by atoms with Crippen molar-refractivity contribution >= 4 is 5.91 Å². The molecule has 78 valence electrons. The van der Waals surface area contributed by atoms with Crippen LogP contribution in [0.15, 0.2) is 4.52 Å². The third-order valence-corrected chi connectivity index (χ3v) is 1.90. The number of hydrogen-bond acceptors (Lipinski definition) is 5. The number of nitrogens with zero attached hydrogens (tertiary/aromatic N) is 2. The van der Waals surface area contributed by atoms with Crippen molar-refractivity contribution in [1.29, 1.82) is 0 Å². The van der Waals surface area contributed by atoms with Crippen LogP contribution in [0.4, 0.5) is 0 Å². The number of carbonyl (C=O) groups excluding carboxylic acids is 1. The molecule has 3 N–H and O–H groups in total. The molecule has 6 nitrogen and oxygen atoms in total. The maximum Gasteiger partial charge on any atom is 0.290 e. The fraction of sp³-hybridized carbons (Fsp3) is 0.625. The fourth-order valence-electron chi connectivity index (χ4n) is 0.833. The Kier molecular flexibility index (Phi) is 3.58. The van der Waals surface area contributed by atoms with Crippen molar-refractivity contribution in [2.45, 2.75) is 32.9 Å². The average Bonchev–Trinajstić information content (AvgIpc) is 2.62. The lowest BCUT2D eigenvalue weighted by atomic mass is 10.3. The van der Waals surface area contributed by atoms with E-state index in [1.54, 1.807) is 0 Å². The van der Waals surface area contributed by atoms with E-state index in [2.05, 4.69) is 22.4 Å². The molecule has 1 aromatic rings. The van der Waals surface area contributed by atoms with Gasteiger partial charge in [0.2, 0.25) is 5.89 Å². The first-order chi connectivity index (χ1) is 6.63. The van der Waals surface area contributed by atoms with Crippen LogP contribution in [0.5, 0.6) is 0 Å². The van der Waals surface area contributed by atoms with Crippen LogP contribution in [-0.4, -0.2) is 22.1 Å². The number of nitrogens with two attached hydrogens (primary N) is 1. The quantitative estimate of drug-likeness (QED) is 0.697. The Bertz CT molecular complexity index is 310. The van der Waals surface area contributed by atoms with Gasteiger partial charge in [0.25, 0.3) is 11.7 Å². The molecule has 1 rings (SSSR count).